The SMILES string of the molecule is C=CC(F)=C(F)c1ccc(-c2ccc(C(F)(F)Oc3ccc(-c4cc(F)c(OC(F)(F)F)c(F)c4)c(F)c3)cc2)cc1. The molecule has 0 saturated carbocycles. The predicted octanol–water partition coefficient (Wildman–Crippen LogP) is 10.3. The number of benzene rings is 4. The van der Waals surface area contributed by atoms with E-state index in [2.05, 4.69) is 16.1 Å². The summed E-state index contributed by atoms with van der Waals surface area (Å²) in [6.45, 7) is 3.14. The Labute approximate surface area is 231 Å². The topological polar surface area (TPSA) is 18.5 Å². The Bertz CT molecular complexity index is 1620. The Morgan fingerprint density at radius 1 is 0.643 bits per heavy atom. The molecule has 0 aliphatic carbocycles. The average Bonchev–Trinajstić information content (AvgIpc) is 2.93. The molecule has 0 heterocycles. The van der Waals surface area contributed by atoms with Crippen LogP contribution in [0.25, 0.3) is 28.1 Å². The van der Waals surface area contributed by atoms with Gasteiger partial charge in [-0.05, 0) is 59.2 Å². The van der Waals surface area contributed by atoms with Crippen LogP contribution in [0.1, 0.15) is 11.1 Å². The fourth-order valence-electron chi connectivity index (χ4n) is 3.82. The van der Waals surface area contributed by atoms with Gasteiger partial charge in [0.05, 0.1) is 5.56 Å². The van der Waals surface area contributed by atoms with E-state index >= 15 is 0 Å². The first kappa shape index (κ1) is 30.2. The summed E-state index contributed by atoms with van der Waals surface area (Å²) in [7, 11) is 0. The van der Waals surface area contributed by atoms with Gasteiger partial charge in [-0.1, -0.05) is 43.0 Å². The van der Waals surface area contributed by atoms with E-state index in [4.69, 9.17) is 0 Å². The first-order valence-corrected chi connectivity index (χ1v) is 11.7. The van der Waals surface area contributed by atoms with Crippen LogP contribution in [0.4, 0.5) is 43.9 Å². The molecule has 0 spiro atoms. The van der Waals surface area contributed by atoms with Crippen molar-refractivity contribution in [3.05, 3.63) is 126 Å². The van der Waals surface area contributed by atoms with Crippen molar-refractivity contribution in [3.63, 3.8) is 0 Å². The maximum absolute atomic E-state index is 14.8. The lowest BCUT2D eigenvalue weighted by atomic mass is 10.0. The van der Waals surface area contributed by atoms with Crippen molar-refractivity contribution >= 4 is 5.83 Å². The molecule has 2 nitrogen and oxygen atoms in total. The van der Waals surface area contributed by atoms with Gasteiger partial charge < -0.3 is 9.47 Å². The molecule has 4 rings (SSSR count). The zero-order chi connectivity index (χ0) is 30.8. The van der Waals surface area contributed by atoms with Crippen LogP contribution in [0.5, 0.6) is 11.5 Å². The molecule has 0 unspecified atom stereocenters. The van der Waals surface area contributed by atoms with E-state index in [1.165, 1.54) is 36.4 Å². The maximum atomic E-state index is 14.8. The van der Waals surface area contributed by atoms with Crippen LogP contribution in [0.2, 0.25) is 0 Å². The van der Waals surface area contributed by atoms with Crippen molar-refractivity contribution in [1.82, 2.24) is 0 Å². The second-order valence-corrected chi connectivity index (χ2v) is 8.60. The summed E-state index contributed by atoms with van der Waals surface area (Å²) in [6.07, 6.45) is -8.63. The molecule has 0 atom stereocenters. The highest BCUT2D eigenvalue weighted by Gasteiger charge is 2.36. The third-order valence-corrected chi connectivity index (χ3v) is 5.80. The summed E-state index contributed by atoms with van der Waals surface area (Å²) in [4.78, 5) is 0. The van der Waals surface area contributed by atoms with Crippen molar-refractivity contribution in [2.45, 2.75) is 12.5 Å². The van der Waals surface area contributed by atoms with E-state index in [0.29, 0.717) is 35.4 Å². The Balaban J connectivity index is 1.51. The molecule has 0 saturated heterocycles. The molecule has 0 N–H and O–H groups in total. The number of allylic oxidation sites excluding steroid dienone is 2. The average molecular weight is 598 g/mol. The smallest absolute Gasteiger partial charge is 0.429 e. The Morgan fingerprint density at radius 2 is 1.19 bits per heavy atom. The number of halogens is 10. The molecule has 0 bridgehead atoms. The van der Waals surface area contributed by atoms with E-state index < -0.39 is 69.8 Å². The zero-order valence-corrected chi connectivity index (χ0v) is 20.9. The second-order valence-electron chi connectivity index (χ2n) is 8.60. The number of alkyl halides is 5. The van der Waals surface area contributed by atoms with E-state index in [-0.39, 0.29) is 5.56 Å². The lowest BCUT2D eigenvalue weighted by Gasteiger charge is -2.19. The standard InChI is InChI=1S/C30H16F10O2/c1-2-23(31)27(35)18-5-3-16(4-6-18)17-7-9-20(10-8-17)29(36,37)41-21-11-12-22(24(32)15-21)19-13-25(33)28(26(34)14-19)42-30(38,39)40/h2-15H,1H2. The molecule has 42 heavy (non-hydrogen) atoms. The molecule has 0 radical (unpaired) electrons. The van der Waals surface area contributed by atoms with Gasteiger partial charge in [-0.3, -0.25) is 0 Å². The van der Waals surface area contributed by atoms with E-state index in [9.17, 15) is 43.9 Å². The first-order valence-electron chi connectivity index (χ1n) is 11.7. The molecule has 0 aliphatic heterocycles. The molecule has 0 amide bonds. The van der Waals surface area contributed by atoms with Crippen LogP contribution in [0.3, 0.4) is 0 Å². The summed E-state index contributed by atoms with van der Waals surface area (Å²) in [5.41, 5.74) is -0.753. The highest BCUT2D eigenvalue weighted by Crippen LogP contribution is 2.37. The van der Waals surface area contributed by atoms with Crippen molar-refractivity contribution in [2.75, 3.05) is 0 Å². The van der Waals surface area contributed by atoms with Crippen LogP contribution >= 0.6 is 0 Å². The van der Waals surface area contributed by atoms with Crippen LogP contribution in [-0.2, 0) is 6.11 Å². The van der Waals surface area contributed by atoms with Gasteiger partial charge in [0.25, 0.3) is 0 Å². The molecule has 4 aromatic carbocycles. The van der Waals surface area contributed by atoms with Gasteiger partial charge in [0.1, 0.15) is 11.6 Å². The molecular weight excluding hydrogens is 582 g/mol. The quantitative estimate of drug-likeness (QED) is 0.148. The molecule has 12 heteroatoms. The summed E-state index contributed by atoms with van der Waals surface area (Å²) < 4.78 is 145. The third kappa shape index (κ3) is 6.76. The van der Waals surface area contributed by atoms with Crippen molar-refractivity contribution < 1.29 is 53.4 Å². The molecule has 4 aromatic rings. The van der Waals surface area contributed by atoms with Gasteiger partial charge in [0, 0.05) is 17.2 Å². The second kappa shape index (κ2) is 11.6. The van der Waals surface area contributed by atoms with Gasteiger partial charge in [0.2, 0.25) is 5.75 Å². The Morgan fingerprint density at radius 3 is 1.69 bits per heavy atom. The van der Waals surface area contributed by atoms with E-state index in [1.54, 1.807) is 0 Å². The molecular formula is C30H16F10O2. The van der Waals surface area contributed by atoms with Gasteiger partial charge in [-0.25, -0.2) is 22.0 Å². The number of rotatable bonds is 8. The Hall–Kier alpha value is -4.74. The predicted molar refractivity (Wildman–Crippen MR) is 134 cm³/mol. The third-order valence-electron chi connectivity index (χ3n) is 5.80. The lowest BCUT2D eigenvalue weighted by Crippen LogP contribution is -2.21. The maximum Gasteiger partial charge on any atom is 0.573 e. The minimum absolute atomic E-state index is 0.0475. The van der Waals surface area contributed by atoms with E-state index in [1.807, 2.05) is 0 Å². The first-order chi connectivity index (χ1) is 19.7. The normalized spacial score (nSPS) is 12.5. The van der Waals surface area contributed by atoms with Gasteiger partial charge in [-0.2, -0.15) is 8.78 Å². The van der Waals surface area contributed by atoms with Crippen LogP contribution in [0, 0.1) is 17.5 Å². The zero-order valence-electron chi connectivity index (χ0n) is 20.9. The van der Waals surface area contributed by atoms with Crippen LogP contribution in [-0.4, -0.2) is 6.36 Å². The highest BCUT2D eigenvalue weighted by molar-refractivity contribution is 5.69. The molecule has 0 aromatic heterocycles. The summed E-state index contributed by atoms with van der Waals surface area (Å²) in [5.74, 6) is -9.44. The van der Waals surface area contributed by atoms with Crippen molar-refractivity contribution in [2.24, 2.45) is 0 Å². The summed E-state index contributed by atoms with van der Waals surface area (Å²) in [6, 6.07) is 13.2. The number of hydrogen-bond donors (Lipinski definition) is 0. The van der Waals surface area contributed by atoms with Crippen LogP contribution in [0.15, 0.2) is 97.3 Å². The van der Waals surface area contributed by atoms with Gasteiger partial charge in [-0.15, -0.1) is 13.2 Å². The molecule has 0 aliphatic rings. The summed E-state index contributed by atoms with van der Waals surface area (Å²) in [5, 5.41) is 0. The largest absolute Gasteiger partial charge is 0.573 e. The highest BCUT2D eigenvalue weighted by atomic mass is 19.4. The number of ether oxygens (including phenoxy) is 2. The minimum Gasteiger partial charge on any atom is -0.429 e. The molecule has 0 fully saturated rings. The lowest BCUT2D eigenvalue weighted by molar-refractivity contribution is -0.276. The van der Waals surface area contributed by atoms with Crippen LogP contribution < -0.4 is 9.47 Å². The fraction of sp³-hybridized carbons (Fsp3) is 0.0667. The van der Waals surface area contributed by atoms with Crippen molar-refractivity contribution in [3.8, 4) is 33.8 Å². The summed E-state index contributed by atoms with van der Waals surface area (Å²) >= 11 is 0. The Kier molecular flexibility index (Phi) is 8.37. The van der Waals surface area contributed by atoms with Gasteiger partial charge >= 0.3 is 12.5 Å². The monoisotopic (exact) mass is 598 g/mol. The van der Waals surface area contributed by atoms with Crippen molar-refractivity contribution in [1.29, 1.82) is 0 Å². The molecule has 218 valence electrons. The van der Waals surface area contributed by atoms with Gasteiger partial charge in [0.15, 0.2) is 23.3 Å². The minimum atomic E-state index is -5.38. The number of hydrogen-bond acceptors (Lipinski definition) is 2. The van der Waals surface area contributed by atoms with E-state index in [0.717, 1.165) is 24.3 Å². The fourth-order valence-corrected chi connectivity index (χ4v) is 3.82.